The Kier molecular flexibility index (Phi) is 4.54. The Labute approximate surface area is 165 Å². The maximum Gasteiger partial charge on any atom is 0.225 e. The number of anilines is 1. The Balaban J connectivity index is 1.19. The lowest BCUT2D eigenvalue weighted by Crippen LogP contribution is -2.52. The van der Waals surface area contributed by atoms with Crippen molar-refractivity contribution in [3.63, 3.8) is 0 Å². The number of rotatable bonds is 2. The minimum Gasteiger partial charge on any atom is -0.366 e. The quantitative estimate of drug-likeness (QED) is 0.791. The van der Waals surface area contributed by atoms with Gasteiger partial charge in [-0.05, 0) is 36.8 Å². The average molecular weight is 385 g/mol. The van der Waals surface area contributed by atoms with Gasteiger partial charge in [0.05, 0.1) is 29.6 Å². The molecule has 1 aromatic heterocycles. The summed E-state index contributed by atoms with van der Waals surface area (Å²) in [5, 5.41) is 0.587. The van der Waals surface area contributed by atoms with Crippen LogP contribution in [0.5, 0.6) is 0 Å². The zero-order valence-corrected chi connectivity index (χ0v) is 16.2. The summed E-state index contributed by atoms with van der Waals surface area (Å²) in [6.07, 6.45) is 8.05. The SMILES string of the molecule is Clc1cnc(N2CCN(C3CCC4(CC3)OCc3ccccc34)CC2)nc1. The number of fused-ring (bicyclic) bond motifs is 2. The van der Waals surface area contributed by atoms with E-state index in [1.165, 1.54) is 24.0 Å². The van der Waals surface area contributed by atoms with Gasteiger partial charge in [-0.25, -0.2) is 9.97 Å². The molecule has 2 aliphatic heterocycles. The molecule has 0 N–H and O–H groups in total. The molecule has 2 fully saturated rings. The largest absolute Gasteiger partial charge is 0.366 e. The monoisotopic (exact) mass is 384 g/mol. The summed E-state index contributed by atoms with van der Waals surface area (Å²) in [4.78, 5) is 13.6. The van der Waals surface area contributed by atoms with Gasteiger partial charge in [-0.1, -0.05) is 35.9 Å². The predicted octanol–water partition coefficient (Wildman–Crippen LogP) is 3.62. The van der Waals surface area contributed by atoms with E-state index in [1.807, 2.05) is 0 Å². The molecule has 2 aromatic rings. The summed E-state index contributed by atoms with van der Waals surface area (Å²) < 4.78 is 6.32. The predicted molar refractivity (Wildman–Crippen MR) is 106 cm³/mol. The summed E-state index contributed by atoms with van der Waals surface area (Å²) in [5.41, 5.74) is 2.80. The van der Waals surface area contributed by atoms with Crippen LogP contribution in [0, 0.1) is 0 Å². The van der Waals surface area contributed by atoms with Crippen LogP contribution >= 0.6 is 11.6 Å². The summed E-state index contributed by atoms with van der Waals surface area (Å²) in [7, 11) is 0. The van der Waals surface area contributed by atoms with Gasteiger partial charge in [0, 0.05) is 32.2 Å². The Morgan fingerprint density at radius 2 is 1.70 bits per heavy atom. The number of piperazine rings is 1. The van der Waals surface area contributed by atoms with Gasteiger partial charge in [0.15, 0.2) is 0 Å². The molecule has 5 rings (SSSR count). The molecule has 0 bridgehead atoms. The number of ether oxygens (including phenoxy) is 1. The van der Waals surface area contributed by atoms with Gasteiger partial charge in [-0.2, -0.15) is 0 Å². The van der Waals surface area contributed by atoms with E-state index in [1.54, 1.807) is 12.4 Å². The molecule has 142 valence electrons. The van der Waals surface area contributed by atoms with Gasteiger partial charge >= 0.3 is 0 Å². The molecule has 0 unspecified atom stereocenters. The lowest BCUT2D eigenvalue weighted by molar-refractivity contribution is -0.0777. The molecule has 1 spiro atoms. The Morgan fingerprint density at radius 3 is 2.44 bits per heavy atom. The Morgan fingerprint density at radius 1 is 1.00 bits per heavy atom. The smallest absolute Gasteiger partial charge is 0.225 e. The van der Waals surface area contributed by atoms with Crippen LogP contribution in [0.1, 0.15) is 36.8 Å². The minimum absolute atomic E-state index is 0.0218. The van der Waals surface area contributed by atoms with Crippen molar-refractivity contribution in [2.45, 2.75) is 43.9 Å². The third-order valence-electron chi connectivity index (χ3n) is 6.50. The summed E-state index contributed by atoms with van der Waals surface area (Å²) >= 11 is 5.90. The van der Waals surface area contributed by atoms with Gasteiger partial charge in [-0.3, -0.25) is 4.90 Å². The standard InChI is InChI=1S/C21H25ClN4O/c22-17-13-23-20(24-14-17)26-11-9-25(10-12-26)18-5-7-21(8-6-18)19-4-2-1-3-16(19)15-27-21/h1-4,13-14,18H,5-12,15H2. The fraction of sp³-hybridized carbons (Fsp3) is 0.524. The van der Waals surface area contributed by atoms with Crippen LogP contribution in [0.4, 0.5) is 5.95 Å². The van der Waals surface area contributed by atoms with Crippen molar-refractivity contribution in [2.75, 3.05) is 31.1 Å². The van der Waals surface area contributed by atoms with Crippen LogP contribution in [0.25, 0.3) is 0 Å². The number of benzene rings is 1. The maximum absolute atomic E-state index is 6.32. The zero-order chi connectivity index (χ0) is 18.3. The molecular weight excluding hydrogens is 360 g/mol. The van der Waals surface area contributed by atoms with E-state index in [4.69, 9.17) is 16.3 Å². The third-order valence-corrected chi connectivity index (χ3v) is 6.69. The lowest BCUT2D eigenvalue weighted by atomic mass is 9.77. The molecule has 3 aliphatic rings. The van der Waals surface area contributed by atoms with Crippen molar-refractivity contribution in [1.82, 2.24) is 14.9 Å². The second kappa shape index (κ2) is 7.04. The minimum atomic E-state index is -0.0218. The summed E-state index contributed by atoms with van der Waals surface area (Å²) in [5.74, 6) is 0.789. The van der Waals surface area contributed by atoms with Crippen LogP contribution in [0.2, 0.25) is 5.02 Å². The molecule has 3 heterocycles. The zero-order valence-electron chi connectivity index (χ0n) is 15.5. The normalized spacial score (nSPS) is 28.5. The van der Waals surface area contributed by atoms with Crippen LogP contribution in [0.15, 0.2) is 36.7 Å². The highest BCUT2D eigenvalue weighted by Crippen LogP contribution is 2.47. The van der Waals surface area contributed by atoms with Gasteiger partial charge < -0.3 is 9.64 Å². The maximum atomic E-state index is 6.32. The molecule has 1 aliphatic carbocycles. The molecule has 1 saturated carbocycles. The molecule has 6 heteroatoms. The number of hydrogen-bond acceptors (Lipinski definition) is 5. The van der Waals surface area contributed by atoms with Crippen molar-refractivity contribution in [3.05, 3.63) is 52.8 Å². The first kappa shape index (κ1) is 17.4. The molecule has 27 heavy (non-hydrogen) atoms. The molecule has 0 amide bonds. The van der Waals surface area contributed by atoms with Crippen LogP contribution < -0.4 is 4.90 Å². The first-order valence-corrected chi connectivity index (χ1v) is 10.3. The van der Waals surface area contributed by atoms with Crippen LogP contribution in [-0.2, 0) is 16.9 Å². The van der Waals surface area contributed by atoms with E-state index >= 15 is 0 Å². The average Bonchev–Trinajstić information content (AvgIpc) is 3.08. The van der Waals surface area contributed by atoms with Crippen molar-refractivity contribution in [1.29, 1.82) is 0 Å². The fourth-order valence-electron chi connectivity index (χ4n) is 4.99. The Bertz CT molecular complexity index is 796. The van der Waals surface area contributed by atoms with Crippen molar-refractivity contribution >= 4 is 17.5 Å². The van der Waals surface area contributed by atoms with E-state index < -0.39 is 0 Å². The topological polar surface area (TPSA) is 41.5 Å². The molecular formula is C21H25ClN4O. The summed E-state index contributed by atoms with van der Waals surface area (Å²) in [6.45, 7) is 4.87. The number of halogens is 1. The second-order valence-corrected chi connectivity index (χ2v) is 8.33. The van der Waals surface area contributed by atoms with E-state index in [0.717, 1.165) is 51.6 Å². The van der Waals surface area contributed by atoms with Crippen LogP contribution in [0.3, 0.4) is 0 Å². The lowest BCUT2D eigenvalue weighted by Gasteiger charge is -2.44. The van der Waals surface area contributed by atoms with E-state index in [2.05, 4.69) is 44.0 Å². The Hall–Kier alpha value is -1.69. The highest BCUT2D eigenvalue weighted by molar-refractivity contribution is 6.30. The number of nitrogens with zero attached hydrogens (tertiary/aromatic N) is 4. The van der Waals surface area contributed by atoms with Gasteiger partial charge in [-0.15, -0.1) is 0 Å². The fourth-order valence-corrected chi connectivity index (χ4v) is 5.09. The van der Waals surface area contributed by atoms with Gasteiger partial charge in [0.25, 0.3) is 0 Å². The van der Waals surface area contributed by atoms with Crippen LogP contribution in [-0.4, -0.2) is 47.1 Å². The van der Waals surface area contributed by atoms with Crippen molar-refractivity contribution in [2.24, 2.45) is 0 Å². The highest BCUT2D eigenvalue weighted by Gasteiger charge is 2.43. The third kappa shape index (κ3) is 3.22. The van der Waals surface area contributed by atoms with Gasteiger partial charge in [0.2, 0.25) is 5.95 Å². The molecule has 1 aromatic carbocycles. The first-order valence-electron chi connectivity index (χ1n) is 9.92. The molecule has 0 radical (unpaired) electrons. The highest BCUT2D eigenvalue weighted by atomic mass is 35.5. The van der Waals surface area contributed by atoms with Gasteiger partial charge in [0.1, 0.15) is 0 Å². The second-order valence-electron chi connectivity index (χ2n) is 7.90. The van der Waals surface area contributed by atoms with E-state index in [-0.39, 0.29) is 5.60 Å². The summed E-state index contributed by atoms with van der Waals surface area (Å²) in [6, 6.07) is 9.43. The molecule has 5 nitrogen and oxygen atoms in total. The van der Waals surface area contributed by atoms with Crippen molar-refractivity contribution in [3.8, 4) is 0 Å². The number of aromatic nitrogens is 2. The number of hydrogen-bond donors (Lipinski definition) is 0. The molecule has 0 atom stereocenters. The first-order chi connectivity index (χ1) is 13.2. The van der Waals surface area contributed by atoms with E-state index in [0.29, 0.717) is 11.1 Å². The van der Waals surface area contributed by atoms with Crippen molar-refractivity contribution < 1.29 is 4.74 Å². The molecule has 1 saturated heterocycles. The van der Waals surface area contributed by atoms with E-state index in [9.17, 15) is 0 Å².